The Kier molecular flexibility index (Phi) is 2.98. The average Bonchev–Trinajstić information content (AvgIpc) is 2.09. The second kappa shape index (κ2) is 4.10. The molecule has 0 unspecified atom stereocenters. The maximum Gasteiger partial charge on any atom is 0.225 e. The average molecular weight is 212 g/mol. The first-order chi connectivity index (χ1) is 7.19. The first-order valence-electron chi connectivity index (χ1n) is 5.72. The predicted octanol–water partition coefficient (Wildman–Crippen LogP) is 0.363. The lowest BCUT2D eigenvalue weighted by Gasteiger charge is -2.44. The van der Waals surface area contributed by atoms with Gasteiger partial charge < -0.3 is 15.4 Å². The minimum absolute atomic E-state index is 0.134. The van der Waals surface area contributed by atoms with Crippen LogP contribution in [0.15, 0.2) is 0 Å². The normalized spacial score (nSPS) is 24.5. The van der Waals surface area contributed by atoms with Crippen molar-refractivity contribution in [1.82, 2.24) is 4.90 Å². The Hall–Kier alpha value is -0.610. The topological polar surface area (TPSA) is 55.6 Å². The van der Waals surface area contributed by atoms with E-state index in [-0.39, 0.29) is 11.5 Å². The van der Waals surface area contributed by atoms with Crippen molar-refractivity contribution in [2.24, 2.45) is 11.7 Å². The lowest BCUT2D eigenvalue weighted by atomic mass is 9.77. The lowest BCUT2D eigenvalue weighted by molar-refractivity contribution is -0.149. The van der Waals surface area contributed by atoms with Crippen LogP contribution in [0.4, 0.5) is 0 Å². The van der Waals surface area contributed by atoms with E-state index < -0.39 is 0 Å². The van der Waals surface area contributed by atoms with Crippen molar-refractivity contribution in [3.63, 3.8) is 0 Å². The van der Waals surface area contributed by atoms with E-state index in [1.165, 1.54) is 6.42 Å². The van der Waals surface area contributed by atoms with Crippen LogP contribution in [0.5, 0.6) is 0 Å². The van der Waals surface area contributed by atoms with Gasteiger partial charge in [0.1, 0.15) is 0 Å². The minimum atomic E-state index is -0.134. The number of amides is 1. The van der Waals surface area contributed by atoms with E-state index in [4.69, 9.17) is 10.5 Å². The number of rotatable bonds is 4. The van der Waals surface area contributed by atoms with E-state index in [0.717, 1.165) is 25.9 Å². The zero-order valence-electron chi connectivity index (χ0n) is 9.37. The van der Waals surface area contributed by atoms with E-state index in [9.17, 15) is 4.79 Å². The van der Waals surface area contributed by atoms with E-state index in [0.29, 0.717) is 18.9 Å². The van der Waals surface area contributed by atoms with Gasteiger partial charge in [-0.2, -0.15) is 0 Å². The number of nitrogens with zero attached hydrogens (tertiary/aromatic N) is 1. The Labute approximate surface area is 90.8 Å². The molecule has 2 N–H and O–H groups in total. The Bertz CT molecular complexity index is 239. The number of nitrogens with two attached hydrogens (primary N) is 1. The summed E-state index contributed by atoms with van der Waals surface area (Å²) in [6.45, 7) is 2.38. The smallest absolute Gasteiger partial charge is 0.225 e. The molecule has 1 aliphatic heterocycles. The number of hydrogen-bond donors (Lipinski definition) is 1. The third kappa shape index (κ3) is 2.01. The molecule has 0 aromatic carbocycles. The van der Waals surface area contributed by atoms with Crippen LogP contribution in [0, 0.1) is 5.92 Å². The first kappa shape index (κ1) is 10.9. The molecule has 0 aromatic rings. The summed E-state index contributed by atoms with van der Waals surface area (Å²) in [5.41, 5.74) is 5.39. The summed E-state index contributed by atoms with van der Waals surface area (Å²) >= 11 is 0. The van der Waals surface area contributed by atoms with Gasteiger partial charge in [0.25, 0.3) is 0 Å². The predicted molar refractivity (Wildman–Crippen MR) is 57.3 cm³/mol. The van der Waals surface area contributed by atoms with Gasteiger partial charge in [-0.05, 0) is 25.8 Å². The summed E-state index contributed by atoms with van der Waals surface area (Å²) in [4.78, 5) is 13.8. The van der Waals surface area contributed by atoms with Gasteiger partial charge >= 0.3 is 0 Å². The minimum Gasteiger partial charge on any atom is -0.378 e. The molecule has 15 heavy (non-hydrogen) atoms. The third-order valence-corrected chi connectivity index (χ3v) is 3.81. The zero-order chi connectivity index (χ0) is 10.9. The highest BCUT2D eigenvalue weighted by molar-refractivity contribution is 5.78. The molecular weight excluding hydrogens is 192 g/mol. The van der Waals surface area contributed by atoms with Crippen molar-refractivity contribution < 1.29 is 9.53 Å². The van der Waals surface area contributed by atoms with Crippen molar-refractivity contribution in [2.75, 3.05) is 26.7 Å². The molecule has 0 bridgehead atoms. The number of hydrogen-bond acceptors (Lipinski definition) is 3. The summed E-state index contributed by atoms with van der Waals surface area (Å²) in [5.74, 6) is 0.759. The van der Waals surface area contributed by atoms with Crippen molar-refractivity contribution in [1.29, 1.82) is 0 Å². The fourth-order valence-electron chi connectivity index (χ4n) is 2.33. The molecule has 2 rings (SSSR count). The molecule has 0 radical (unpaired) electrons. The van der Waals surface area contributed by atoms with E-state index >= 15 is 0 Å². The van der Waals surface area contributed by atoms with Crippen LogP contribution >= 0.6 is 0 Å². The van der Waals surface area contributed by atoms with Crippen LogP contribution in [0.1, 0.15) is 25.7 Å². The Morgan fingerprint density at radius 3 is 2.60 bits per heavy atom. The van der Waals surface area contributed by atoms with Crippen LogP contribution in [0.2, 0.25) is 0 Å². The largest absolute Gasteiger partial charge is 0.378 e. The molecule has 4 heteroatoms. The van der Waals surface area contributed by atoms with Crippen molar-refractivity contribution in [2.45, 2.75) is 31.3 Å². The summed E-state index contributed by atoms with van der Waals surface area (Å²) in [5, 5.41) is 0. The molecule has 1 saturated carbocycles. The van der Waals surface area contributed by atoms with Crippen LogP contribution in [-0.4, -0.2) is 43.2 Å². The highest BCUT2D eigenvalue weighted by Gasteiger charge is 2.41. The Morgan fingerprint density at radius 1 is 1.53 bits per heavy atom. The Balaban J connectivity index is 1.78. The highest BCUT2D eigenvalue weighted by atomic mass is 16.5. The summed E-state index contributed by atoms with van der Waals surface area (Å²) in [7, 11) is 1.71. The molecule has 86 valence electrons. The second-order valence-corrected chi connectivity index (χ2v) is 4.82. The molecule has 2 aliphatic rings. The van der Waals surface area contributed by atoms with Gasteiger partial charge in [-0.3, -0.25) is 4.79 Å². The van der Waals surface area contributed by atoms with Crippen molar-refractivity contribution in [3.8, 4) is 0 Å². The van der Waals surface area contributed by atoms with Gasteiger partial charge in [0.05, 0.1) is 12.0 Å². The monoisotopic (exact) mass is 212 g/mol. The molecule has 4 nitrogen and oxygen atoms in total. The fraction of sp³-hybridized carbons (Fsp3) is 0.909. The molecule has 1 heterocycles. The molecule has 1 aliphatic carbocycles. The number of ether oxygens (including phenoxy) is 1. The lowest BCUT2D eigenvalue weighted by Crippen LogP contribution is -2.55. The maximum atomic E-state index is 11.9. The summed E-state index contributed by atoms with van der Waals surface area (Å²) in [6, 6.07) is 0. The van der Waals surface area contributed by atoms with Crippen LogP contribution in [-0.2, 0) is 9.53 Å². The van der Waals surface area contributed by atoms with Gasteiger partial charge in [0, 0.05) is 26.1 Å². The number of likely N-dealkylation sites (tertiary alicyclic amines) is 1. The highest BCUT2D eigenvalue weighted by Crippen LogP contribution is 2.38. The number of carbonyl (C=O) groups is 1. The van der Waals surface area contributed by atoms with Gasteiger partial charge in [-0.15, -0.1) is 0 Å². The Morgan fingerprint density at radius 2 is 2.20 bits per heavy atom. The van der Waals surface area contributed by atoms with Gasteiger partial charge in [-0.25, -0.2) is 0 Å². The summed E-state index contributed by atoms with van der Waals surface area (Å²) < 4.78 is 5.44. The van der Waals surface area contributed by atoms with Crippen LogP contribution < -0.4 is 5.73 Å². The van der Waals surface area contributed by atoms with E-state index in [1.54, 1.807) is 7.11 Å². The SMILES string of the molecule is COC1(CC(=O)N2CC(CN)C2)CCC1. The first-order valence-corrected chi connectivity index (χ1v) is 5.72. The number of methoxy groups -OCH3 is 1. The van der Waals surface area contributed by atoms with E-state index in [2.05, 4.69) is 0 Å². The molecule has 2 fully saturated rings. The van der Waals surface area contributed by atoms with Crippen molar-refractivity contribution in [3.05, 3.63) is 0 Å². The molecule has 1 amide bonds. The van der Waals surface area contributed by atoms with Gasteiger partial charge in [-0.1, -0.05) is 0 Å². The summed E-state index contributed by atoms with van der Waals surface area (Å²) in [6.07, 6.45) is 3.81. The van der Waals surface area contributed by atoms with Crippen LogP contribution in [0.3, 0.4) is 0 Å². The maximum absolute atomic E-state index is 11.9. The molecule has 0 spiro atoms. The van der Waals surface area contributed by atoms with Gasteiger partial charge in [0.2, 0.25) is 5.91 Å². The van der Waals surface area contributed by atoms with Crippen LogP contribution in [0.25, 0.3) is 0 Å². The third-order valence-electron chi connectivity index (χ3n) is 3.81. The molecule has 0 atom stereocenters. The zero-order valence-corrected chi connectivity index (χ0v) is 9.37. The van der Waals surface area contributed by atoms with Crippen molar-refractivity contribution >= 4 is 5.91 Å². The molecular formula is C11H20N2O2. The second-order valence-electron chi connectivity index (χ2n) is 4.82. The molecule has 1 saturated heterocycles. The fourth-order valence-corrected chi connectivity index (χ4v) is 2.33. The molecule has 0 aromatic heterocycles. The van der Waals surface area contributed by atoms with E-state index in [1.807, 2.05) is 4.90 Å². The standard InChI is InChI=1S/C11H20N2O2/c1-15-11(3-2-4-11)5-10(14)13-7-9(6-12)8-13/h9H,2-8,12H2,1H3. The number of carbonyl (C=O) groups excluding carboxylic acids is 1. The quantitative estimate of drug-likeness (QED) is 0.732. The van der Waals surface area contributed by atoms with Gasteiger partial charge in [0.15, 0.2) is 0 Å².